The van der Waals surface area contributed by atoms with Crippen LogP contribution in [-0.4, -0.2) is 28.2 Å². The van der Waals surface area contributed by atoms with Gasteiger partial charge in [-0.3, -0.25) is 0 Å². The third-order valence-electron chi connectivity index (χ3n) is 2.95. The van der Waals surface area contributed by atoms with Crippen molar-refractivity contribution in [1.29, 1.82) is 0 Å². The Labute approximate surface area is 139 Å². The minimum absolute atomic E-state index is 0.0818. The van der Waals surface area contributed by atoms with Crippen molar-refractivity contribution in [3.05, 3.63) is 28.8 Å². The summed E-state index contributed by atoms with van der Waals surface area (Å²) in [7, 11) is -4.02. The summed E-state index contributed by atoms with van der Waals surface area (Å²) in [4.78, 5) is -0.471. The molecule has 1 aromatic rings. The molecule has 0 atom stereocenters. The van der Waals surface area contributed by atoms with Gasteiger partial charge in [-0.05, 0) is 31.0 Å². The zero-order valence-electron chi connectivity index (χ0n) is 12.6. The standard InChI is InChI=1S/C14H19ClF3NO3S/c1-2-3-8-22-9-4-7-19-23(20,21)11-5-6-13(15)12(10-11)14(16,17)18/h5-6,10,19H,2-4,7-9H2,1H3. The van der Waals surface area contributed by atoms with Gasteiger partial charge >= 0.3 is 6.18 Å². The zero-order valence-corrected chi connectivity index (χ0v) is 14.2. The number of ether oxygens (including phenoxy) is 1. The van der Waals surface area contributed by atoms with Gasteiger partial charge in [-0.2, -0.15) is 13.2 Å². The Morgan fingerprint density at radius 1 is 1.22 bits per heavy atom. The smallest absolute Gasteiger partial charge is 0.381 e. The van der Waals surface area contributed by atoms with Crippen LogP contribution in [0.5, 0.6) is 0 Å². The molecular formula is C14H19ClF3NO3S. The monoisotopic (exact) mass is 373 g/mol. The Kier molecular flexibility index (Phi) is 7.79. The molecule has 0 aliphatic rings. The van der Waals surface area contributed by atoms with Gasteiger partial charge in [0, 0.05) is 19.8 Å². The number of hydrogen-bond donors (Lipinski definition) is 1. The highest BCUT2D eigenvalue weighted by molar-refractivity contribution is 7.89. The summed E-state index contributed by atoms with van der Waals surface area (Å²) in [5.74, 6) is 0. The van der Waals surface area contributed by atoms with Crippen molar-refractivity contribution >= 4 is 21.6 Å². The molecule has 132 valence electrons. The predicted molar refractivity (Wildman–Crippen MR) is 82.0 cm³/mol. The van der Waals surface area contributed by atoms with E-state index >= 15 is 0 Å². The van der Waals surface area contributed by atoms with Crippen molar-refractivity contribution in [3.63, 3.8) is 0 Å². The molecule has 0 amide bonds. The zero-order chi connectivity index (χ0) is 17.5. The topological polar surface area (TPSA) is 55.4 Å². The Bertz CT molecular complexity index is 606. The Morgan fingerprint density at radius 2 is 1.87 bits per heavy atom. The second-order valence-corrected chi connectivity index (χ2v) is 7.03. The fourth-order valence-electron chi connectivity index (χ4n) is 1.70. The van der Waals surface area contributed by atoms with Crippen molar-refractivity contribution < 1.29 is 26.3 Å². The number of halogens is 4. The maximum Gasteiger partial charge on any atom is 0.417 e. The van der Waals surface area contributed by atoms with Gasteiger partial charge in [-0.1, -0.05) is 24.9 Å². The number of rotatable bonds is 9. The van der Waals surface area contributed by atoms with E-state index in [0.717, 1.165) is 25.0 Å². The molecule has 0 aliphatic heterocycles. The number of nitrogens with one attached hydrogen (secondary N) is 1. The fraction of sp³-hybridized carbons (Fsp3) is 0.571. The van der Waals surface area contributed by atoms with E-state index < -0.39 is 31.7 Å². The lowest BCUT2D eigenvalue weighted by atomic mass is 10.2. The van der Waals surface area contributed by atoms with Crippen LogP contribution < -0.4 is 4.72 Å². The van der Waals surface area contributed by atoms with E-state index in [1.807, 2.05) is 6.92 Å². The minimum atomic E-state index is -4.71. The molecule has 0 heterocycles. The van der Waals surface area contributed by atoms with Crippen LogP contribution in [0, 0.1) is 0 Å². The van der Waals surface area contributed by atoms with Crippen LogP contribution in [0.25, 0.3) is 0 Å². The van der Waals surface area contributed by atoms with E-state index in [1.165, 1.54) is 0 Å². The van der Waals surface area contributed by atoms with Gasteiger partial charge in [0.25, 0.3) is 0 Å². The van der Waals surface area contributed by atoms with Crippen LogP contribution in [0.4, 0.5) is 13.2 Å². The van der Waals surface area contributed by atoms with Gasteiger partial charge in [0.05, 0.1) is 15.5 Å². The van der Waals surface area contributed by atoms with E-state index in [1.54, 1.807) is 0 Å². The fourth-order valence-corrected chi connectivity index (χ4v) is 3.03. The third-order valence-corrected chi connectivity index (χ3v) is 4.74. The summed E-state index contributed by atoms with van der Waals surface area (Å²) in [6.07, 6.45) is -2.35. The Morgan fingerprint density at radius 3 is 2.48 bits per heavy atom. The maximum atomic E-state index is 12.8. The molecule has 9 heteroatoms. The normalized spacial score (nSPS) is 12.6. The number of unbranched alkanes of at least 4 members (excludes halogenated alkanes) is 1. The molecule has 1 rings (SSSR count). The average molecular weight is 374 g/mol. The van der Waals surface area contributed by atoms with E-state index in [-0.39, 0.29) is 6.54 Å². The minimum Gasteiger partial charge on any atom is -0.381 e. The molecule has 4 nitrogen and oxygen atoms in total. The van der Waals surface area contributed by atoms with Gasteiger partial charge < -0.3 is 4.74 Å². The lowest BCUT2D eigenvalue weighted by molar-refractivity contribution is -0.137. The van der Waals surface area contributed by atoms with Crippen LogP contribution in [0.1, 0.15) is 31.7 Å². The summed E-state index contributed by atoms with van der Waals surface area (Å²) in [5, 5.41) is -0.541. The highest BCUT2D eigenvalue weighted by Crippen LogP contribution is 2.35. The molecule has 1 aromatic carbocycles. The van der Waals surface area contributed by atoms with E-state index in [2.05, 4.69) is 4.72 Å². The maximum absolute atomic E-state index is 12.8. The van der Waals surface area contributed by atoms with E-state index in [0.29, 0.717) is 25.7 Å². The molecule has 0 fully saturated rings. The van der Waals surface area contributed by atoms with Crippen LogP contribution >= 0.6 is 11.6 Å². The summed E-state index contributed by atoms with van der Waals surface area (Å²) >= 11 is 5.47. The van der Waals surface area contributed by atoms with Crippen LogP contribution in [0.15, 0.2) is 23.1 Å². The Balaban J connectivity index is 2.63. The first-order valence-corrected chi connectivity index (χ1v) is 8.98. The van der Waals surface area contributed by atoms with E-state index in [9.17, 15) is 21.6 Å². The molecule has 0 unspecified atom stereocenters. The second-order valence-electron chi connectivity index (χ2n) is 4.86. The van der Waals surface area contributed by atoms with Gasteiger partial charge in [0.2, 0.25) is 10.0 Å². The third kappa shape index (κ3) is 6.66. The molecule has 0 spiro atoms. The first kappa shape index (κ1) is 20.2. The Hall–Kier alpha value is -0.830. The molecule has 0 aliphatic carbocycles. The second kappa shape index (κ2) is 8.86. The molecule has 0 radical (unpaired) electrons. The molecule has 0 saturated carbocycles. The largest absolute Gasteiger partial charge is 0.417 e. The molecule has 23 heavy (non-hydrogen) atoms. The van der Waals surface area contributed by atoms with Crippen LogP contribution in [0.3, 0.4) is 0 Å². The molecule has 1 N–H and O–H groups in total. The van der Waals surface area contributed by atoms with Crippen molar-refractivity contribution in [2.24, 2.45) is 0 Å². The van der Waals surface area contributed by atoms with Gasteiger partial charge in [0.15, 0.2) is 0 Å². The van der Waals surface area contributed by atoms with Crippen molar-refractivity contribution in [1.82, 2.24) is 4.72 Å². The first-order chi connectivity index (χ1) is 10.7. The number of benzene rings is 1. The van der Waals surface area contributed by atoms with Gasteiger partial charge in [-0.25, -0.2) is 13.1 Å². The van der Waals surface area contributed by atoms with Crippen molar-refractivity contribution in [3.8, 4) is 0 Å². The number of hydrogen-bond acceptors (Lipinski definition) is 3. The highest BCUT2D eigenvalue weighted by Gasteiger charge is 2.34. The lowest BCUT2D eigenvalue weighted by Gasteiger charge is -2.12. The highest BCUT2D eigenvalue weighted by atomic mass is 35.5. The molecular weight excluding hydrogens is 355 g/mol. The average Bonchev–Trinajstić information content (AvgIpc) is 2.45. The SMILES string of the molecule is CCCCOCCCNS(=O)(=O)c1ccc(Cl)c(C(F)(F)F)c1. The van der Waals surface area contributed by atoms with Crippen LogP contribution in [0.2, 0.25) is 5.02 Å². The summed E-state index contributed by atoms with van der Waals surface area (Å²) in [6.45, 7) is 3.10. The first-order valence-electron chi connectivity index (χ1n) is 7.12. The summed E-state index contributed by atoms with van der Waals surface area (Å²) in [6, 6.07) is 2.49. The summed E-state index contributed by atoms with van der Waals surface area (Å²) < 4.78 is 69.8. The van der Waals surface area contributed by atoms with Crippen molar-refractivity contribution in [2.45, 2.75) is 37.3 Å². The van der Waals surface area contributed by atoms with E-state index in [4.69, 9.17) is 16.3 Å². The summed E-state index contributed by atoms with van der Waals surface area (Å²) in [5.41, 5.74) is -1.18. The molecule has 0 aromatic heterocycles. The van der Waals surface area contributed by atoms with Crippen molar-refractivity contribution in [2.75, 3.05) is 19.8 Å². The predicted octanol–water partition coefficient (Wildman–Crippen LogP) is 3.84. The van der Waals surface area contributed by atoms with Gasteiger partial charge in [-0.15, -0.1) is 0 Å². The quantitative estimate of drug-likeness (QED) is 0.669. The number of sulfonamides is 1. The lowest BCUT2D eigenvalue weighted by Crippen LogP contribution is -2.26. The van der Waals surface area contributed by atoms with Crippen LogP contribution in [-0.2, 0) is 20.9 Å². The molecule has 0 saturated heterocycles. The number of alkyl halides is 3. The molecule has 0 bridgehead atoms. The van der Waals surface area contributed by atoms with Gasteiger partial charge in [0.1, 0.15) is 0 Å².